The zero-order valence-corrected chi connectivity index (χ0v) is 11.0. The smallest absolute Gasteiger partial charge is 0.0342 e. The van der Waals surface area contributed by atoms with E-state index >= 15 is 0 Å². The number of nitrogens with one attached hydrogen (secondary N) is 1. The van der Waals surface area contributed by atoms with Gasteiger partial charge in [-0.15, -0.1) is 18.3 Å². The number of benzene rings is 1. The standard InChI is InChI=1S/C14H21NS/c1-4-10-15-13(5-2)11-16-14-9-7-6-8-12(14)3/h5-9,13,15H,2,4,10-11H2,1,3H3. The van der Waals surface area contributed by atoms with Crippen molar-refractivity contribution in [2.75, 3.05) is 12.3 Å². The predicted molar refractivity (Wildman–Crippen MR) is 74.2 cm³/mol. The van der Waals surface area contributed by atoms with E-state index in [1.54, 1.807) is 0 Å². The number of hydrogen-bond acceptors (Lipinski definition) is 2. The van der Waals surface area contributed by atoms with Gasteiger partial charge in [-0.3, -0.25) is 0 Å². The summed E-state index contributed by atoms with van der Waals surface area (Å²) in [6.45, 7) is 9.27. The summed E-state index contributed by atoms with van der Waals surface area (Å²) in [5.41, 5.74) is 1.35. The average molecular weight is 235 g/mol. The summed E-state index contributed by atoms with van der Waals surface area (Å²) in [4.78, 5) is 1.37. The van der Waals surface area contributed by atoms with Gasteiger partial charge in [-0.1, -0.05) is 31.2 Å². The van der Waals surface area contributed by atoms with E-state index in [1.807, 2.05) is 17.8 Å². The van der Waals surface area contributed by atoms with E-state index in [-0.39, 0.29) is 0 Å². The third-order valence-corrected chi connectivity index (χ3v) is 3.75. The largest absolute Gasteiger partial charge is 0.310 e. The molecule has 88 valence electrons. The van der Waals surface area contributed by atoms with Gasteiger partial charge < -0.3 is 5.32 Å². The maximum Gasteiger partial charge on any atom is 0.0342 e. The molecule has 0 aliphatic heterocycles. The Morgan fingerprint density at radius 2 is 2.19 bits per heavy atom. The van der Waals surface area contributed by atoms with Gasteiger partial charge in [0.1, 0.15) is 0 Å². The van der Waals surface area contributed by atoms with E-state index in [2.05, 4.69) is 50.0 Å². The molecule has 0 aliphatic carbocycles. The molecule has 0 radical (unpaired) electrons. The van der Waals surface area contributed by atoms with E-state index in [9.17, 15) is 0 Å². The summed E-state index contributed by atoms with van der Waals surface area (Å²) in [5, 5.41) is 3.47. The highest BCUT2D eigenvalue weighted by molar-refractivity contribution is 7.99. The predicted octanol–water partition coefficient (Wildman–Crippen LogP) is 3.64. The molecule has 0 aromatic heterocycles. The molecule has 1 unspecified atom stereocenters. The van der Waals surface area contributed by atoms with Crippen molar-refractivity contribution in [1.82, 2.24) is 5.32 Å². The van der Waals surface area contributed by atoms with Crippen LogP contribution in [0.4, 0.5) is 0 Å². The molecule has 0 saturated carbocycles. The lowest BCUT2D eigenvalue weighted by atomic mass is 10.2. The Hall–Kier alpha value is -0.730. The Balaban J connectivity index is 2.43. The van der Waals surface area contributed by atoms with Gasteiger partial charge in [-0.2, -0.15) is 0 Å². The lowest BCUT2D eigenvalue weighted by Crippen LogP contribution is -2.29. The molecule has 0 heterocycles. The molecule has 1 atom stereocenters. The van der Waals surface area contributed by atoms with Gasteiger partial charge >= 0.3 is 0 Å². The summed E-state index contributed by atoms with van der Waals surface area (Å²) in [6.07, 6.45) is 3.17. The zero-order valence-electron chi connectivity index (χ0n) is 10.2. The summed E-state index contributed by atoms with van der Waals surface area (Å²) in [6, 6.07) is 8.92. The Kier molecular flexibility index (Phi) is 6.27. The maximum atomic E-state index is 3.87. The Morgan fingerprint density at radius 1 is 1.44 bits per heavy atom. The molecule has 0 bridgehead atoms. The van der Waals surface area contributed by atoms with Crippen LogP contribution in [0.3, 0.4) is 0 Å². The molecule has 1 aromatic rings. The first-order valence-electron chi connectivity index (χ1n) is 5.82. The van der Waals surface area contributed by atoms with Crippen LogP contribution < -0.4 is 5.32 Å². The molecule has 0 amide bonds. The minimum Gasteiger partial charge on any atom is -0.310 e. The Morgan fingerprint density at radius 3 is 2.81 bits per heavy atom. The second kappa shape index (κ2) is 7.53. The molecule has 16 heavy (non-hydrogen) atoms. The van der Waals surface area contributed by atoms with E-state index < -0.39 is 0 Å². The minimum absolute atomic E-state index is 0.407. The van der Waals surface area contributed by atoms with E-state index in [0.29, 0.717) is 6.04 Å². The van der Waals surface area contributed by atoms with Crippen LogP contribution in [-0.2, 0) is 0 Å². The van der Waals surface area contributed by atoms with Crippen LogP contribution >= 0.6 is 11.8 Å². The molecule has 0 spiro atoms. The van der Waals surface area contributed by atoms with Crippen LogP contribution in [0.2, 0.25) is 0 Å². The van der Waals surface area contributed by atoms with Crippen LogP contribution in [0.25, 0.3) is 0 Å². The molecule has 0 saturated heterocycles. The highest BCUT2D eigenvalue weighted by Crippen LogP contribution is 2.22. The third kappa shape index (κ3) is 4.42. The number of rotatable bonds is 7. The highest BCUT2D eigenvalue weighted by Gasteiger charge is 2.04. The van der Waals surface area contributed by atoms with Crippen molar-refractivity contribution >= 4 is 11.8 Å². The normalized spacial score (nSPS) is 12.4. The molecule has 1 nitrogen and oxygen atoms in total. The quantitative estimate of drug-likeness (QED) is 0.572. The first-order chi connectivity index (χ1) is 7.77. The lowest BCUT2D eigenvalue weighted by Gasteiger charge is -2.14. The van der Waals surface area contributed by atoms with Crippen LogP contribution in [0.15, 0.2) is 41.8 Å². The molecule has 0 aliphatic rings. The van der Waals surface area contributed by atoms with Gasteiger partial charge in [-0.25, -0.2) is 0 Å². The van der Waals surface area contributed by atoms with Crippen molar-refractivity contribution in [2.24, 2.45) is 0 Å². The average Bonchev–Trinajstić information content (AvgIpc) is 2.31. The highest BCUT2D eigenvalue weighted by atomic mass is 32.2. The number of hydrogen-bond donors (Lipinski definition) is 1. The molecular weight excluding hydrogens is 214 g/mol. The Bertz CT molecular complexity index is 322. The third-order valence-electron chi connectivity index (χ3n) is 2.45. The SMILES string of the molecule is C=CC(CSc1ccccc1C)NCCC. The summed E-state index contributed by atoms with van der Waals surface area (Å²) >= 11 is 1.90. The van der Waals surface area contributed by atoms with Gasteiger partial charge in [0.05, 0.1) is 0 Å². The van der Waals surface area contributed by atoms with E-state index in [1.165, 1.54) is 16.9 Å². The van der Waals surface area contributed by atoms with Gasteiger partial charge in [0, 0.05) is 16.7 Å². The van der Waals surface area contributed by atoms with E-state index in [0.717, 1.165) is 12.3 Å². The summed E-state index contributed by atoms with van der Waals surface area (Å²) in [7, 11) is 0. The fraction of sp³-hybridized carbons (Fsp3) is 0.429. The van der Waals surface area contributed by atoms with Gasteiger partial charge in [0.2, 0.25) is 0 Å². The van der Waals surface area contributed by atoms with Crippen molar-refractivity contribution in [3.8, 4) is 0 Å². The Labute approximate surface area is 103 Å². The first kappa shape index (κ1) is 13.3. The van der Waals surface area contributed by atoms with Crippen molar-refractivity contribution in [2.45, 2.75) is 31.2 Å². The molecular formula is C14H21NS. The zero-order chi connectivity index (χ0) is 11.8. The topological polar surface area (TPSA) is 12.0 Å². The fourth-order valence-electron chi connectivity index (χ4n) is 1.44. The minimum atomic E-state index is 0.407. The molecule has 0 fully saturated rings. The van der Waals surface area contributed by atoms with Crippen LogP contribution in [0, 0.1) is 6.92 Å². The van der Waals surface area contributed by atoms with Crippen molar-refractivity contribution < 1.29 is 0 Å². The molecule has 1 aromatic carbocycles. The van der Waals surface area contributed by atoms with Crippen LogP contribution in [-0.4, -0.2) is 18.3 Å². The number of thioether (sulfide) groups is 1. The second-order valence-corrected chi connectivity index (χ2v) is 4.93. The second-order valence-electron chi connectivity index (χ2n) is 3.87. The lowest BCUT2D eigenvalue weighted by molar-refractivity contribution is 0.630. The molecule has 2 heteroatoms. The van der Waals surface area contributed by atoms with Crippen molar-refractivity contribution in [3.63, 3.8) is 0 Å². The van der Waals surface area contributed by atoms with Crippen LogP contribution in [0.1, 0.15) is 18.9 Å². The van der Waals surface area contributed by atoms with E-state index in [4.69, 9.17) is 0 Å². The van der Waals surface area contributed by atoms with Gasteiger partial charge in [-0.05, 0) is 31.5 Å². The van der Waals surface area contributed by atoms with Crippen molar-refractivity contribution in [3.05, 3.63) is 42.5 Å². The van der Waals surface area contributed by atoms with Crippen LogP contribution in [0.5, 0.6) is 0 Å². The first-order valence-corrected chi connectivity index (χ1v) is 6.80. The maximum absolute atomic E-state index is 3.87. The van der Waals surface area contributed by atoms with Gasteiger partial charge in [0.15, 0.2) is 0 Å². The monoisotopic (exact) mass is 235 g/mol. The summed E-state index contributed by atoms with van der Waals surface area (Å²) < 4.78 is 0. The fourth-order valence-corrected chi connectivity index (χ4v) is 2.52. The molecule has 1 rings (SSSR count). The molecule has 1 N–H and O–H groups in total. The number of aryl methyl sites for hydroxylation is 1. The summed E-state index contributed by atoms with van der Waals surface area (Å²) in [5.74, 6) is 1.05. The van der Waals surface area contributed by atoms with Gasteiger partial charge in [0.25, 0.3) is 0 Å². The van der Waals surface area contributed by atoms with Crippen molar-refractivity contribution in [1.29, 1.82) is 0 Å².